The lowest BCUT2D eigenvalue weighted by molar-refractivity contribution is 0.835. The van der Waals surface area contributed by atoms with E-state index in [0.717, 1.165) is 31.0 Å². The van der Waals surface area contributed by atoms with Gasteiger partial charge in [0, 0.05) is 37.3 Å². The first kappa shape index (κ1) is 13.0. The van der Waals surface area contributed by atoms with Crippen LogP contribution in [-0.4, -0.2) is 28.5 Å². The van der Waals surface area contributed by atoms with E-state index in [1.165, 1.54) is 10.4 Å². The Kier molecular flexibility index (Phi) is 4.25. The third kappa shape index (κ3) is 3.04. The predicted octanol–water partition coefficient (Wildman–Crippen LogP) is 2.48. The molecule has 0 unspecified atom stereocenters. The molecule has 0 saturated carbocycles. The van der Waals surface area contributed by atoms with Gasteiger partial charge in [-0.25, -0.2) is 15.0 Å². The number of hydrogen-bond acceptors (Lipinski definition) is 5. The van der Waals surface area contributed by atoms with Gasteiger partial charge in [0.25, 0.3) is 0 Å². The summed E-state index contributed by atoms with van der Waals surface area (Å²) in [7, 11) is 2.03. The molecule has 0 N–H and O–H groups in total. The van der Waals surface area contributed by atoms with Gasteiger partial charge < -0.3 is 4.90 Å². The predicted molar refractivity (Wildman–Crippen MR) is 75.2 cm³/mol. The summed E-state index contributed by atoms with van der Waals surface area (Å²) >= 11 is 1.71. The van der Waals surface area contributed by atoms with E-state index in [2.05, 4.69) is 33.7 Å². The lowest BCUT2D eigenvalue weighted by Gasteiger charge is -2.16. The van der Waals surface area contributed by atoms with E-state index in [4.69, 9.17) is 0 Å². The summed E-state index contributed by atoms with van der Waals surface area (Å²) in [5.74, 6) is 0.786. The van der Waals surface area contributed by atoms with Crippen LogP contribution < -0.4 is 4.90 Å². The summed E-state index contributed by atoms with van der Waals surface area (Å²) < 4.78 is 0. The lowest BCUT2D eigenvalue weighted by atomic mass is 10.3. The number of thiazole rings is 1. The van der Waals surface area contributed by atoms with Crippen molar-refractivity contribution in [2.75, 3.05) is 18.5 Å². The quantitative estimate of drug-likeness (QED) is 0.830. The van der Waals surface area contributed by atoms with Gasteiger partial charge in [-0.1, -0.05) is 6.92 Å². The summed E-state index contributed by atoms with van der Waals surface area (Å²) in [4.78, 5) is 16.4. The van der Waals surface area contributed by atoms with Crippen LogP contribution in [0.25, 0.3) is 0 Å². The maximum atomic E-state index is 4.37. The second-order valence-corrected chi connectivity index (χ2v) is 5.22. The first-order valence-corrected chi connectivity index (χ1v) is 6.99. The molecule has 5 heteroatoms. The SMILES string of the molecule is CCc1cnc(N(C)CCc2scnc2C)nc1. The van der Waals surface area contributed by atoms with Gasteiger partial charge in [-0.2, -0.15) is 0 Å². The Labute approximate surface area is 112 Å². The second kappa shape index (κ2) is 5.91. The van der Waals surface area contributed by atoms with Gasteiger partial charge >= 0.3 is 0 Å². The van der Waals surface area contributed by atoms with Crippen molar-refractivity contribution in [1.82, 2.24) is 15.0 Å². The summed E-state index contributed by atoms with van der Waals surface area (Å²) in [5, 5.41) is 0. The van der Waals surface area contributed by atoms with Crippen LogP contribution in [0, 0.1) is 6.92 Å². The molecule has 0 saturated heterocycles. The smallest absolute Gasteiger partial charge is 0.225 e. The van der Waals surface area contributed by atoms with E-state index in [1.807, 2.05) is 25.0 Å². The highest BCUT2D eigenvalue weighted by molar-refractivity contribution is 7.09. The van der Waals surface area contributed by atoms with E-state index in [0.29, 0.717) is 0 Å². The van der Waals surface area contributed by atoms with Crippen LogP contribution in [-0.2, 0) is 12.8 Å². The number of aromatic nitrogens is 3. The highest BCUT2D eigenvalue weighted by atomic mass is 32.1. The Hall–Kier alpha value is -1.49. The molecule has 0 spiro atoms. The molecule has 0 bridgehead atoms. The molecule has 2 rings (SSSR count). The molecule has 96 valence electrons. The van der Waals surface area contributed by atoms with Gasteiger partial charge in [0.2, 0.25) is 5.95 Å². The Morgan fingerprint density at radius 2 is 1.94 bits per heavy atom. The Morgan fingerprint density at radius 1 is 1.22 bits per heavy atom. The molecule has 2 aromatic heterocycles. The molecular weight excluding hydrogens is 244 g/mol. The standard InChI is InChI=1S/C13H18N4S/c1-4-11-7-14-13(15-8-11)17(3)6-5-12-10(2)16-9-18-12/h7-9H,4-6H2,1-3H3. The number of hydrogen-bond donors (Lipinski definition) is 0. The lowest BCUT2D eigenvalue weighted by Crippen LogP contribution is -2.22. The summed E-state index contributed by atoms with van der Waals surface area (Å²) in [6.07, 6.45) is 5.77. The first-order chi connectivity index (χ1) is 8.70. The number of rotatable bonds is 5. The van der Waals surface area contributed by atoms with Crippen LogP contribution in [0.1, 0.15) is 23.1 Å². The van der Waals surface area contributed by atoms with Crippen molar-refractivity contribution < 1.29 is 0 Å². The normalized spacial score (nSPS) is 10.6. The third-order valence-corrected chi connectivity index (χ3v) is 3.96. The number of aryl methyl sites for hydroxylation is 2. The monoisotopic (exact) mass is 262 g/mol. The zero-order chi connectivity index (χ0) is 13.0. The fourth-order valence-electron chi connectivity index (χ4n) is 1.66. The molecule has 0 amide bonds. The fourth-order valence-corrected chi connectivity index (χ4v) is 2.43. The van der Waals surface area contributed by atoms with Crippen molar-refractivity contribution in [3.8, 4) is 0 Å². The van der Waals surface area contributed by atoms with Gasteiger partial charge in [0.1, 0.15) is 0 Å². The van der Waals surface area contributed by atoms with E-state index in [-0.39, 0.29) is 0 Å². The Bertz CT molecular complexity index is 492. The minimum atomic E-state index is 0.786. The van der Waals surface area contributed by atoms with E-state index in [1.54, 1.807) is 11.3 Å². The molecule has 0 radical (unpaired) electrons. The molecule has 2 aromatic rings. The second-order valence-electron chi connectivity index (χ2n) is 4.28. The minimum absolute atomic E-state index is 0.786. The molecule has 0 fully saturated rings. The number of likely N-dealkylation sites (N-methyl/N-ethyl adjacent to an activating group) is 1. The average molecular weight is 262 g/mol. The van der Waals surface area contributed by atoms with Crippen LogP contribution in [0.15, 0.2) is 17.9 Å². The minimum Gasteiger partial charge on any atom is -0.344 e. The topological polar surface area (TPSA) is 41.9 Å². The Balaban J connectivity index is 1.94. The molecule has 0 atom stereocenters. The van der Waals surface area contributed by atoms with Crippen LogP contribution in [0.3, 0.4) is 0 Å². The molecule has 0 aromatic carbocycles. The van der Waals surface area contributed by atoms with E-state index >= 15 is 0 Å². The van der Waals surface area contributed by atoms with E-state index < -0.39 is 0 Å². The molecule has 0 aliphatic heterocycles. The van der Waals surface area contributed by atoms with Gasteiger partial charge in [0.05, 0.1) is 11.2 Å². The van der Waals surface area contributed by atoms with Gasteiger partial charge in [-0.3, -0.25) is 0 Å². The summed E-state index contributed by atoms with van der Waals surface area (Å²) in [6.45, 7) is 5.07. The molecule has 0 aliphatic carbocycles. The summed E-state index contributed by atoms with van der Waals surface area (Å²) in [5.41, 5.74) is 4.21. The summed E-state index contributed by atoms with van der Waals surface area (Å²) in [6, 6.07) is 0. The molecule has 2 heterocycles. The van der Waals surface area contributed by atoms with Crippen molar-refractivity contribution in [2.24, 2.45) is 0 Å². The van der Waals surface area contributed by atoms with Crippen LogP contribution in [0.2, 0.25) is 0 Å². The van der Waals surface area contributed by atoms with Gasteiger partial charge in [0.15, 0.2) is 0 Å². The van der Waals surface area contributed by atoms with Crippen molar-refractivity contribution >= 4 is 17.3 Å². The zero-order valence-electron chi connectivity index (χ0n) is 11.1. The number of anilines is 1. The maximum Gasteiger partial charge on any atom is 0.225 e. The third-order valence-electron chi connectivity index (χ3n) is 2.96. The first-order valence-electron chi connectivity index (χ1n) is 6.11. The highest BCUT2D eigenvalue weighted by Gasteiger charge is 2.07. The average Bonchev–Trinajstić information content (AvgIpc) is 2.81. The van der Waals surface area contributed by atoms with Crippen molar-refractivity contribution in [3.63, 3.8) is 0 Å². The van der Waals surface area contributed by atoms with Crippen molar-refractivity contribution in [3.05, 3.63) is 34.0 Å². The molecular formula is C13H18N4S. The molecule has 0 aliphatic rings. The molecule has 4 nitrogen and oxygen atoms in total. The van der Waals surface area contributed by atoms with Crippen molar-refractivity contribution in [2.45, 2.75) is 26.7 Å². The van der Waals surface area contributed by atoms with E-state index in [9.17, 15) is 0 Å². The highest BCUT2D eigenvalue weighted by Crippen LogP contribution is 2.14. The van der Waals surface area contributed by atoms with Gasteiger partial charge in [-0.05, 0) is 18.9 Å². The van der Waals surface area contributed by atoms with Crippen LogP contribution in [0.5, 0.6) is 0 Å². The Morgan fingerprint density at radius 3 is 2.50 bits per heavy atom. The fraction of sp³-hybridized carbons (Fsp3) is 0.462. The number of nitrogens with zero attached hydrogens (tertiary/aromatic N) is 4. The van der Waals surface area contributed by atoms with Crippen molar-refractivity contribution in [1.29, 1.82) is 0 Å². The zero-order valence-corrected chi connectivity index (χ0v) is 11.9. The maximum absolute atomic E-state index is 4.37. The van der Waals surface area contributed by atoms with Gasteiger partial charge in [-0.15, -0.1) is 11.3 Å². The molecule has 18 heavy (non-hydrogen) atoms. The van der Waals surface area contributed by atoms with Crippen LogP contribution >= 0.6 is 11.3 Å². The largest absolute Gasteiger partial charge is 0.344 e. The van der Waals surface area contributed by atoms with Crippen LogP contribution in [0.4, 0.5) is 5.95 Å².